The van der Waals surface area contributed by atoms with E-state index >= 15 is 0 Å². The number of rotatable bonds is 9. The van der Waals surface area contributed by atoms with Crippen molar-refractivity contribution in [2.24, 2.45) is 0 Å². The van der Waals surface area contributed by atoms with Gasteiger partial charge in [-0.25, -0.2) is 0 Å². The Hall–Kier alpha value is 0.859. The maximum atomic E-state index is 7.50. The molecule has 0 aromatic carbocycles. The van der Waals surface area contributed by atoms with Crippen LogP contribution in [0.15, 0.2) is 0 Å². The first-order chi connectivity index (χ1) is 19.0. The van der Waals surface area contributed by atoms with Gasteiger partial charge in [0.1, 0.15) is 0 Å². The van der Waals surface area contributed by atoms with Gasteiger partial charge in [-0.2, -0.15) is 0 Å². The van der Waals surface area contributed by atoms with Crippen LogP contribution in [0.3, 0.4) is 0 Å². The molecule has 0 spiro atoms. The van der Waals surface area contributed by atoms with E-state index in [2.05, 4.69) is 122 Å². The Kier molecular flexibility index (Phi) is 453. The molecule has 15 heteroatoms. The van der Waals surface area contributed by atoms with Gasteiger partial charge < -0.3 is 0 Å². The minimum absolute atomic E-state index is 0. The quantitative estimate of drug-likeness (QED) is 0.129. The molecule has 0 aliphatic heterocycles. The van der Waals surface area contributed by atoms with E-state index in [1.807, 2.05) is 0 Å². The van der Waals surface area contributed by atoms with E-state index in [0.29, 0.717) is 23.8 Å². The van der Waals surface area contributed by atoms with Crippen molar-refractivity contribution in [3.63, 3.8) is 0 Å². The minimum atomic E-state index is 0. The third-order valence-electron chi connectivity index (χ3n) is 4.02. The van der Waals surface area contributed by atoms with Crippen LogP contribution in [0, 0.1) is 59.9 Å². The van der Waals surface area contributed by atoms with E-state index < -0.39 is 0 Å². The number of hydrogen-bond acceptors (Lipinski definition) is 0. The molecule has 9 nitrogen and oxygen atoms in total. The van der Waals surface area contributed by atoms with Crippen LogP contribution in [-0.4, -0.2) is 55.5 Å². The SMILES string of the molecule is CCP(CC)CC.CCP(CC)CC.CCP(CC)CC.[C-]#[O+].[C-]#[O+].[C-]#[O+].[C-]#[O+].[C-]#[O+].[C-]#[O+].[C-]#[O+].[C-]#[O+].[C-]#[O+].[Os].[Os].[Os]. The maximum Gasteiger partial charge on any atom is 0 e. The molecule has 0 heterocycles. The van der Waals surface area contributed by atoms with Crippen molar-refractivity contribution < 1.29 is 101 Å². The fourth-order valence-electron chi connectivity index (χ4n) is 2.01. The second-order valence-electron chi connectivity index (χ2n) is 4.86. The van der Waals surface area contributed by atoms with Gasteiger partial charge in [-0.3, -0.25) is 0 Å². The third kappa shape index (κ3) is 183. The summed E-state index contributed by atoms with van der Waals surface area (Å²) in [4.78, 5) is 0. The second kappa shape index (κ2) is 196. The molecule has 0 saturated carbocycles. The standard InChI is InChI=1S/3C6H15P.9CO.3Os/c3*1-4-7(5-2)6-3;9*1-2;;;/h3*4-6H2,1-3H3;;;;;;;;;;;;. The topological polar surface area (TPSA) is 179 Å². The molecule has 0 saturated heterocycles. The van der Waals surface area contributed by atoms with Crippen LogP contribution in [0.2, 0.25) is 0 Å². The maximum absolute atomic E-state index is 7.50. The van der Waals surface area contributed by atoms with Crippen molar-refractivity contribution in [3.05, 3.63) is 59.9 Å². The van der Waals surface area contributed by atoms with Crippen molar-refractivity contribution in [1.82, 2.24) is 0 Å². The summed E-state index contributed by atoms with van der Waals surface area (Å²) in [5.74, 6) is 0. The first kappa shape index (κ1) is 96.8. The summed E-state index contributed by atoms with van der Waals surface area (Å²) in [6.07, 6.45) is 12.8. The van der Waals surface area contributed by atoms with Crippen LogP contribution in [0.5, 0.6) is 0 Å². The molecular formula is C27H45O9Os3P3. The van der Waals surface area contributed by atoms with Gasteiger partial charge in [0.15, 0.2) is 0 Å². The van der Waals surface area contributed by atoms with Crippen molar-refractivity contribution in [2.75, 3.05) is 55.5 Å². The van der Waals surface area contributed by atoms with Crippen LogP contribution in [0.1, 0.15) is 62.3 Å². The van der Waals surface area contributed by atoms with Gasteiger partial charge in [0, 0.05) is 59.4 Å². The molecule has 0 amide bonds. The zero-order chi connectivity index (χ0) is 35.1. The average molecular weight is 1180 g/mol. The molecule has 0 aliphatic carbocycles. The van der Waals surface area contributed by atoms with Gasteiger partial charge >= 0.3 is 102 Å². The Morgan fingerprint density at radius 1 is 0.238 bits per heavy atom. The summed E-state index contributed by atoms with van der Waals surface area (Å²) in [6.45, 7) is 61.1. The molecule has 0 N–H and O–H groups in total. The molecule has 0 unspecified atom stereocenters. The zero-order valence-electron chi connectivity index (χ0n) is 25.9. The van der Waals surface area contributed by atoms with Crippen molar-refractivity contribution in [2.45, 2.75) is 62.3 Å². The summed E-state index contributed by atoms with van der Waals surface area (Å²) in [5, 5.41) is 0. The fraction of sp³-hybridized carbons (Fsp3) is 0.667. The molecule has 0 rings (SSSR count). The molecular weight excluding hydrogens is 1130 g/mol. The van der Waals surface area contributed by atoms with Crippen molar-refractivity contribution in [1.29, 1.82) is 0 Å². The van der Waals surface area contributed by atoms with Crippen molar-refractivity contribution in [3.8, 4) is 0 Å². The van der Waals surface area contributed by atoms with Crippen LogP contribution < -0.4 is 0 Å². The Labute approximate surface area is 300 Å². The van der Waals surface area contributed by atoms with Crippen molar-refractivity contribution >= 4 is 23.8 Å². The zero-order valence-corrected chi connectivity index (χ0v) is 36.2. The second-order valence-corrected chi connectivity index (χ2v) is 14.6. The van der Waals surface area contributed by atoms with Gasteiger partial charge in [-0.05, 0) is 55.5 Å². The summed E-state index contributed by atoms with van der Waals surface area (Å²) in [5.41, 5.74) is 0. The van der Waals surface area contributed by atoms with Crippen LogP contribution >= 0.6 is 23.8 Å². The Morgan fingerprint density at radius 2 is 0.286 bits per heavy atom. The summed E-state index contributed by atoms with van der Waals surface area (Å²) >= 11 is 0. The van der Waals surface area contributed by atoms with Gasteiger partial charge in [0.25, 0.3) is 0 Å². The van der Waals surface area contributed by atoms with Crippen LogP contribution in [-0.2, 0) is 101 Å². The van der Waals surface area contributed by atoms with E-state index in [-0.39, 0.29) is 59.4 Å². The van der Waals surface area contributed by atoms with E-state index in [1.165, 1.54) is 55.5 Å². The smallest absolute Gasteiger partial charge is 0 e. The molecule has 0 bridgehead atoms. The normalized spacial score (nSPS) is 5.57. The first-order valence-corrected chi connectivity index (χ1v) is 16.7. The molecule has 0 aliphatic rings. The summed E-state index contributed by atoms with van der Waals surface area (Å²) in [6, 6.07) is 0. The van der Waals surface area contributed by atoms with Gasteiger partial charge in [-0.15, -0.1) is 23.8 Å². The van der Waals surface area contributed by atoms with Gasteiger partial charge in [0.05, 0.1) is 0 Å². The van der Waals surface area contributed by atoms with E-state index in [4.69, 9.17) is 41.9 Å². The Bertz CT molecular complexity index is 369. The predicted octanol–water partition coefficient (Wildman–Crippen LogP) is 7.24. The predicted molar refractivity (Wildman–Crippen MR) is 151 cm³/mol. The fourth-order valence-corrected chi connectivity index (χ4v) is 6.04. The first-order valence-electron chi connectivity index (χ1n) is 11.0. The van der Waals surface area contributed by atoms with Crippen LogP contribution in [0.4, 0.5) is 0 Å². The summed E-state index contributed by atoms with van der Waals surface area (Å²) < 4.78 is 67.5. The summed E-state index contributed by atoms with van der Waals surface area (Å²) in [7, 11) is 1.34. The molecule has 0 radical (unpaired) electrons. The van der Waals surface area contributed by atoms with E-state index in [1.54, 1.807) is 0 Å². The third-order valence-corrected chi connectivity index (χ3v) is 12.1. The van der Waals surface area contributed by atoms with Gasteiger partial charge in [0.2, 0.25) is 0 Å². The largest absolute Gasteiger partial charge is 0 e. The average Bonchev–Trinajstić information content (AvgIpc) is 3.09. The monoisotopic (exact) mass is 1180 g/mol. The van der Waals surface area contributed by atoms with Crippen LogP contribution in [0.25, 0.3) is 0 Å². The van der Waals surface area contributed by atoms with Gasteiger partial charge in [-0.1, -0.05) is 62.3 Å². The molecule has 0 aromatic rings. The molecule has 246 valence electrons. The minimum Gasteiger partial charge on any atom is 0 e. The molecule has 42 heavy (non-hydrogen) atoms. The molecule has 0 aromatic heterocycles. The Balaban J connectivity index is -0.0000000154. The van der Waals surface area contributed by atoms with E-state index in [0.717, 1.165) is 0 Å². The molecule has 0 fully saturated rings. The Morgan fingerprint density at radius 3 is 0.286 bits per heavy atom. The van der Waals surface area contributed by atoms with E-state index in [9.17, 15) is 0 Å². The molecule has 0 atom stereocenters. The number of hydrogen-bond donors (Lipinski definition) is 0.